The van der Waals surface area contributed by atoms with Crippen molar-refractivity contribution >= 4 is 27.5 Å². The highest BCUT2D eigenvalue weighted by Crippen LogP contribution is 2.26. The Labute approximate surface area is 255 Å². The van der Waals surface area contributed by atoms with E-state index >= 15 is 0 Å². The highest BCUT2D eigenvalue weighted by Gasteiger charge is 2.34. The molecule has 8 heteroatoms. The van der Waals surface area contributed by atoms with E-state index in [1.807, 2.05) is 88.4 Å². The van der Waals surface area contributed by atoms with Crippen LogP contribution in [0.3, 0.4) is 0 Å². The van der Waals surface area contributed by atoms with Gasteiger partial charge in [-0.05, 0) is 74.2 Å². The number of carbonyl (C=O) groups excluding carboxylic acids is 2. The molecule has 0 aromatic heterocycles. The summed E-state index contributed by atoms with van der Waals surface area (Å²) in [5, 5.41) is 2.89. The molecule has 0 aliphatic rings. The zero-order valence-electron chi connectivity index (χ0n) is 25.2. The van der Waals surface area contributed by atoms with Crippen LogP contribution in [-0.4, -0.2) is 44.3 Å². The molecule has 1 atom stereocenters. The van der Waals surface area contributed by atoms with Gasteiger partial charge in [0.1, 0.15) is 12.6 Å². The highest BCUT2D eigenvalue weighted by molar-refractivity contribution is 7.92. The highest BCUT2D eigenvalue weighted by atomic mass is 32.2. The molecule has 0 saturated carbocycles. The largest absolute Gasteiger partial charge is 0.355 e. The number of aryl methyl sites for hydroxylation is 3. The third-order valence-electron chi connectivity index (χ3n) is 7.40. The monoisotopic (exact) mass is 597 g/mol. The first-order valence-corrected chi connectivity index (χ1v) is 15.9. The zero-order valence-corrected chi connectivity index (χ0v) is 26.0. The van der Waals surface area contributed by atoms with Gasteiger partial charge in [0.15, 0.2) is 0 Å². The van der Waals surface area contributed by atoms with E-state index in [2.05, 4.69) is 5.32 Å². The van der Waals surface area contributed by atoms with E-state index in [9.17, 15) is 18.0 Å². The number of nitrogens with zero attached hydrogens (tertiary/aromatic N) is 2. The first kappa shape index (κ1) is 31.5. The average Bonchev–Trinajstić information content (AvgIpc) is 2.99. The maximum absolute atomic E-state index is 14.4. The minimum atomic E-state index is -4.13. The van der Waals surface area contributed by atoms with Gasteiger partial charge >= 0.3 is 0 Å². The summed E-state index contributed by atoms with van der Waals surface area (Å²) >= 11 is 0. The van der Waals surface area contributed by atoms with Crippen LogP contribution in [0.4, 0.5) is 5.69 Å². The van der Waals surface area contributed by atoms with Crippen LogP contribution in [0.1, 0.15) is 34.7 Å². The van der Waals surface area contributed by atoms with Crippen LogP contribution in [0.2, 0.25) is 0 Å². The summed E-state index contributed by atoms with van der Waals surface area (Å²) in [7, 11) is -4.13. The lowest BCUT2D eigenvalue weighted by Crippen LogP contribution is -2.53. The number of hydrogen-bond acceptors (Lipinski definition) is 4. The molecule has 224 valence electrons. The van der Waals surface area contributed by atoms with Crippen LogP contribution < -0.4 is 9.62 Å². The molecule has 1 N–H and O–H groups in total. The summed E-state index contributed by atoms with van der Waals surface area (Å²) in [6.45, 7) is 7.61. The van der Waals surface area contributed by atoms with E-state index in [1.54, 1.807) is 42.5 Å². The van der Waals surface area contributed by atoms with E-state index in [0.717, 1.165) is 32.1 Å². The summed E-state index contributed by atoms with van der Waals surface area (Å²) in [4.78, 5) is 29.6. The summed E-state index contributed by atoms with van der Waals surface area (Å²) in [6.07, 6.45) is 0.277. The van der Waals surface area contributed by atoms with Crippen LogP contribution in [0.25, 0.3) is 0 Å². The van der Waals surface area contributed by atoms with Gasteiger partial charge in [-0.1, -0.05) is 84.4 Å². The molecule has 4 aromatic carbocycles. The van der Waals surface area contributed by atoms with E-state index in [1.165, 1.54) is 4.90 Å². The molecule has 0 aliphatic carbocycles. The molecule has 0 aliphatic heterocycles. The lowest BCUT2D eigenvalue weighted by Gasteiger charge is -2.34. The predicted molar refractivity (Wildman–Crippen MR) is 171 cm³/mol. The fourth-order valence-electron chi connectivity index (χ4n) is 4.97. The Morgan fingerprint density at radius 2 is 1.47 bits per heavy atom. The maximum atomic E-state index is 14.4. The molecule has 4 aromatic rings. The van der Waals surface area contributed by atoms with Gasteiger partial charge in [-0.2, -0.15) is 0 Å². The molecule has 0 bridgehead atoms. The first-order chi connectivity index (χ1) is 20.6. The average molecular weight is 598 g/mol. The third-order valence-corrected chi connectivity index (χ3v) is 9.19. The first-order valence-electron chi connectivity index (χ1n) is 14.4. The Kier molecular flexibility index (Phi) is 10.4. The Morgan fingerprint density at radius 1 is 0.791 bits per heavy atom. The minimum Gasteiger partial charge on any atom is -0.355 e. The fourth-order valence-corrected chi connectivity index (χ4v) is 6.37. The number of benzene rings is 4. The topological polar surface area (TPSA) is 86.8 Å². The molecule has 0 heterocycles. The predicted octanol–water partition coefficient (Wildman–Crippen LogP) is 5.58. The number of sulfonamides is 1. The zero-order chi connectivity index (χ0) is 31.0. The third kappa shape index (κ3) is 7.90. The van der Waals surface area contributed by atoms with Crippen molar-refractivity contribution in [2.24, 2.45) is 0 Å². The van der Waals surface area contributed by atoms with Crippen molar-refractivity contribution in [3.8, 4) is 0 Å². The number of carbonyl (C=O) groups is 2. The molecule has 7 nitrogen and oxygen atoms in total. The summed E-state index contributed by atoms with van der Waals surface area (Å²) in [5.41, 5.74) is 4.90. The van der Waals surface area contributed by atoms with Gasteiger partial charge in [-0.25, -0.2) is 8.42 Å². The Balaban J connectivity index is 1.80. The standard InChI is InChI=1S/C35H39N3O4S/c1-5-36-35(40)33(23-29-14-7-6-8-15-29)37(24-30-16-10-9-13-28(30)4)34(39)25-38(31-17-11-12-27(3)22-31)43(41,42)32-20-18-26(2)19-21-32/h6-22,33H,5,23-25H2,1-4H3,(H,36,40). The molecular weight excluding hydrogens is 558 g/mol. The number of anilines is 1. The Bertz CT molecular complexity index is 1650. The molecule has 0 spiro atoms. The van der Waals surface area contributed by atoms with Gasteiger partial charge in [0.05, 0.1) is 10.6 Å². The Morgan fingerprint density at radius 3 is 2.12 bits per heavy atom. The SMILES string of the molecule is CCNC(=O)C(Cc1ccccc1)N(Cc1ccccc1C)C(=O)CN(c1cccc(C)c1)S(=O)(=O)c1ccc(C)cc1. The number of nitrogens with one attached hydrogen (secondary N) is 1. The molecular formula is C35H39N3O4S. The van der Waals surface area contributed by atoms with Crippen LogP contribution in [0.5, 0.6) is 0 Å². The van der Waals surface area contributed by atoms with Crippen molar-refractivity contribution in [1.82, 2.24) is 10.2 Å². The molecule has 0 fully saturated rings. The number of amides is 2. The molecule has 43 heavy (non-hydrogen) atoms. The van der Waals surface area contributed by atoms with Crippen molar-refractivity contribution in [1.29, 1.82) is 0 Å². The van der Waals surface area contributed by atoms with Gasteiger partial charge in [0.2, 0.25) is 11.8 Å². The maximum Gasteiger partial charge on any atom is 0.264 e. The van der Waals surface area contributed by atoms with Gasteiger partial charge in [-0.3, -0.25) is 13.9 Å². The van der Waals surface area contributed by atoms with E-state index in [-0.39, 0.29) is 23.8 Å². The van der Waals surface area contributed by atoms with Crippen molar-refractivity contribution in [3.05, 3.63) is 131 Å². The quantitative estimate of drug-likeness (QED) is 0.231. The number of likely N-dealkylation sites (N-methyl/N-ethyl adjacent to an activating group) is 1. The normalized spacial score (nSPS) is 11.9. The summed E-state index contributed by atoms with van der Waals surface area (Å²) < 4.78 is 29.3. The van der Waals surface area contributed by atoms with Crippen LogP contribution >= 0.6 is 0 Å². The van der Waals surface area contributed by atoms with Crippen LogP contribution in [0, 0.1) is 20.8 Å². The second-order valence-corrected chi connectivity index (χ2v) is 12.6. The number of hydrogen-bond donors (Lipinski definition) is 1. The second kappa shape index (κ2) is 14.2. The van der Waals surface area contributed by atoms with E-state index in [4.69, 9.17) is 0 Å². The smallest absolute Gasteiger partial charge is 0.264 e. The van der Waals surface area contributed by atoms with Gasteiger partial charge in [0.25, 0.3) is 10.0 Å². The van der Waals surface area contributed by atoms with Crippen molar-refractivity contribution < 1.29 is 18.0 Å². The van der Waals surface area contributed by atoms with Gasteiger partial charge in [-0.15, -0.1) is 0 Å². The Hall–Kier alpha value is -4.43. The van der Waals surface area contributed by atoms with Crippen molar-refractivity contribution in [2.45, 2.75) is 51.6 Å². The molecule has 0 saturated heterocycles. The molecule has 0 radical (unpaired) electrons. The summed E-state index contributed by atoms with van der Waals surface area (Å²) in [6, 6.07) is 30.0. The molecule has 1 unspecified atom stereocenters. The van der Waals surface area contributed by atoms with Crippen LogP contribution in [0.15, 0.2) is 108 Å². The molecule has 2 amide bonds. The number of rotatable bonds is 12. The lowest BCUT2D eigenvalue weighted by molar-refractivity contribution is -0.140. The molecule has 4 rings (SSSR count). The minimum absolute atomic E-state index is 0.0856. The van der Waals surface area contributed by atoms with Crippen LogP contribution in [-0.2, 0) is 32.6 Å². The van der Waals surface area contributed by atoms with E-state index < -0.39 is 28.5 Å². The fraction of sp³-hybridized carbons (Fsp3) is 0.257. The van der Waals surface area contributed by atoms with Crippen molar-refractivity contribution in [3.63, 3.8) is 0 Å². The van der Waals surface area contributed by atoms with Gasteiger partial charge in [0, 0.05) is 19.5 Å². The lowest BCUT2D eigenvalue weighted by atomic mass is 10.0. The van der Waals surface area contributed by atoms with E-state index in [0.29, 0.717) is 12.2 Å². The van der Waals surface area contributed by atoms with Crippen molar-refractivity contribution in [2.75, 3.05) is 17.4 Å². The summed E-state index contributed by atoms with van der Waals surface area (Å²) in [5.74, 6) is -0.774. The second-order valence-electron chi connectivity index (χ2n) is 10.7. The van der Waals surface area contributed by atoms with Gasteiger partial charge < -0.3 is 10.2 Å².